The number of carbonyl (C=O) groups is 1. The van der Waals surface area contributed by atoms with Gasteiger partial charge in [-0.2, -0.15) is 4.31 Å². The van der Waals surface area contributed by atoms with E-state index in [9.17, 15) is 13.2 Å². The molecule has 1 amide bonds. The number of aryl methyl sites for hydroxylation is 1. The van der Waals surface area contributed by atoms with Crippen LogP contribution in [0.1, 0.15) is 12.5 Å². The fourth-order valence-electron chi connectivity index (χ4n) is 2.73. The molecule has 140 valence electrons. The van der Waals surface area contributed by atoms with Gasteiger partial charge in [0.05, 0.1) is 0 Å². The van der Waals surface area contributed by atoms with Gasteiger partial charge in [0.1, 0.15) is 5.75 Å². The van der Waals surface area contributed by atoms with Gasteiger partial charge in [-0.15, -0.1) is 0 Å². The Bertz CT molecular complexity index is 685. The molecule has 1 atom stereocenters. The van der Waals surface area contributed by atoms with Crippen molar-refractivity contribution in [3.63, 3.8) is 0 Å². The Morgan fingerprint density at radius 1 is 1.28 bits per heavy atom. The fraction of sp³-hybridized carbons (Fsp3) is 0.588. The van der Waals surface area contributed by atoms with Crippen molar-refractivity contribution in [3.8, 4) is 0 Å². The zero-order chi connectivity index (χ0) is 18.4. The molecule has 1 heterocycles. The third-order valence-corrected chi connectivity index (χ3v) is 6.14. The minimum absolute atomic E-state index is 0.129. The standard InChI is InChI=1S/C17H28N4O3S/c1-14-4-3-5-16(10-14)20-6-8-21(9-7-20)25(23,24)13-17(22)19-12-15(2)11-18/h3-5,10,15H,6-9,11-13,18H2,1-2H3,(H,19,22). The van der Waals surface area contributed by atoms with Crippen molar-refractivity contribution in [1.82, 2.24) is 9.62 Å². The number of hydrogen-bond donors (Lipinski definition) is 2. The molecule has 8 heteroatoms. The molecule has 7 nitrogen and oxygen atoms in total. The van der Waals surface area contributed by atoms with Crippen LogP contribution in [0.25, 0.3) is 0 Å². The van der Waals surface area contributed by atoms with Crippen LogP contribution in [0, 0.1) is 12.8 Å². The van der Waals surface area contributed by atoms with Crippen LogP contribution in [0.4, 0.5) is 5.69 Å². The van der Waals surface area contributed by atoms with E-state index in [0.717, 1.165) is 5.69 Å². The molecule has 3 N–H and O–H groups in total. The van der Waals surface area contributed by atoms with Crippen molar-refractivity contribution in [2.45, 2.75) is 13.8 Å². The summed E-state index contributed by atoms with van der Waals surface area (Å²) in [6.45, 7) is 6.81. The highest BCUT2D eigenvalue weighted by molar-refractivity contribution is 7.89. The van der Waals surface area contributed by atoms with Gasteiger partial charge in [-0.3, -0.25) is 4.79 Å². The van der Waals surface area contributed by atoms with Crippen LogP contribution in [-0.4, -0.2) is 63.7 Å². The molecule has 0 saturated carbocycles. The maximum Gasteiger partial charge on any atom is 0.236 e. The highest BCUT2D eigenvalue weighted by atomic mass is 32.2. The van der Waals surface area contributed by atoms with Crippen molar-refractivity contribution in [2.75, 3.05) is 49.9 Å². The van der Waals surface area contributed by atoms with Crippen molar-refractivity contribution in [3.05, 3.63) is 29.8 Å². The monoisotopic (exact) mass is 368 g/mol. The number of rotatable bonds is 7. The summed E-state index contributed by atoms with van der Waals surface area (Å²) in [5, 5.41) is 2.63. The predicted octanol–water partition coefficient (Wildman–Crippen LogP) is 0.158. The third kappa shape index (κ3) is 5.69. The molecule has 1 saturated heterocycles. The van der Waals surface area contributed by atoms with E-state index in [0.29, 0.717) is 39.3 Å². The summed E-state index contributed by atoms with van der Waals surface area (Å²) >= 11 is 0. The summed E-state index contributed by atoms with van der Waals surface area (Å²) in [6, 6.07) is 8.16. The van der Waals surface area contributed by atoms with Gasteiger partial charge >= 0.3 is 0 Å². The molecule has 1 aliphatic heterocycles. The molecule has 2 rings (SSSR count). The highest BCUT2D eigenvalue weighted by Crippen LogP contribution is 2.19. The maximum atomic E-state index is 12.4. The molecule has 1 aliphatic rings. The van der Waals surface area contributed by atoms with E-state index in [1.54, 1.807) is 0 Å². The van der Waals surface area contributed by atoms with Gasteiger partial charge in [-0.1, -0.05) is 19.1 Å². The summed E-state index contributed by atoms with van der Waals surface area (Å²) in [5.74, 6) is -0.847. The maximum absolute atomic E-state index is 12.4. The Kier molecular flexibility index (Phi) is 6.80. The molecule has 0 aliphatic carbocycles. The van der Waals surface area contributed by atoms with E-state index in [4.69, 9.17) is 5.73 Å². The second-order valence-corrected chi connectivity index (χ2v) is 8.60. The zero-order valence-electron chi connectivity index (χ0n) is 14.9. The van der Waals surface area contributed by atoms with Crippen molar-refractivity contribution in [1.29, 1.82) is 0 Å². The lowest BCUT2D eigenvalue weighted by Gasteiger charge is -2.35. The summed E-state index contributed by atoms with van der Waals surface area (Å²) in [5.41, 5.74) is 7.77. The van der Waals surface area contributed by atoms with Gasteiger partial charge in [0.2, 0.25) is 15.9 Å². The number of nitrogens with one attached hydrogen (secondary N) is 1. The Labute approximate surface area is 150 Å². The number of carbonyl (C=O) groups excluding carboxylic acids is 1. The van der Waals surface area contributed by atoms with Crippen LogP contribution in [0.3, 0.4) is 0 Å². The zero-order valence-corrected chi connectivity index (χ0v) is 15.8. The number of amides is 1. The van der Waals surface area contributed by atoms with Crippen LogP contribution in [0.15, 0.2) is 24.3 Å². The van der Waals surface area contributed by atoms with Crippen LogP contribution < -0.4 is 16.0 Å². The van der Waals surface area contributed by atoms with Crippen LogP contribution >= 0.6 is 0 Å². The van der Waals surface area contributed by atoms with Gasteiger partial charge in [-0.25, -0.2) is 8.42 Å². The van der Waals surface area contributed by atoms with Gasteiger partial charge in [-0.05, 0) is 37.1 Å². The predicted molar refractivity (Wildman–Crippen MR) is 100.0 cm³/mol. The largest absolute Gasteiger partial charge is 0.369 e. The van der Waals surface area contributed by atoms with E-state index in [-0.39, 0.29) is 5.92 Å². The molecule has 1 unspecified atom stereocenters. The average Bonchev–Trinajstić information content (AvgIpc) is 2.59. The van der Waals surface area contributed by atoms with E-state index in [1.165, 1.54) is 9.87 Å². The summed E-state index contributed by atoms with van der Waals surface area (Å²) in [6.07, 6.45) is 0. The van der Waals surface area contributed by atoms with Crippen LogP contribution in [-0.2, 0) is 14.8 Å². The fourth-order valence-corrected chi connectivity index (χ4v) is 4.06. The molecule has 0 radical (unpaired) electrons. The summed E-state index contributed by atoms with van der Waals surface area (Å²) < 4.78 is 26.3. The second kappa shape index (κ2) is 8.64. The minimum Gasteiger partial charge on any atom is -0.369 e. The SMILES string of the molecule is Cc1cccc(N2CCN(S(=O)(=O)CC(=O)NCC(C)CN)CC2)c1. The topological polar surface area (TPSA) is 95.7 Å². The first-order chi connectivity index (χ1) is 11.8. The highest BCUT2D eigenvalue weighted by Gasteiger charge is 2.29. The first-order valence-electron chi connectivity index (χ1n) is 8.58. The number of sulfonamides is 1. The lowest BCUT2D eigenvalue weighted by molar-refractivity contribution is -0.118. The van der Waals surface area contributed by atoms with Gasteiger partial charge in [0.15, 0.2) is 0 Å². The smallest absolute Gasteiger partial charge is 0.236 e. The van der Waals surface area contributed by atoms with E-state index < -0.39 is 21.7 Å². The van der Waals surface area contributed by atoms with Crippen LogP contribution in [0.5, 0.6) is 0 Å². The Balaban J connectivity index is 1.87. The number of anilines is 1. The molecule has 0 bridgehead atoms. The molecule has 0 spiro atoms. The average molecular weight is 369 g/mol. The van der Waals surface area contributed by atoms with Crippen molar-refractivity contribution >= 4 is 21.6 Å². The Morgan fingerprint density at radius 2 is 1.96 bits per heavy atom. The number of nitrogens with two attached hydrogens (primary N) is 1. The quantitative estimate of drug-likeness (QED) is 0.715. The Morgan fingerprint density at radius 3 is 2.56 bits per heavy atom. The molecule has 1 fully saturated rings. The van der Waals surface area contributed by atoms with Crippen molar-refractivity contribution < 1.29 is 13.2 Å². The normalized spacial score (nSPS) is 17.3. The lowest BCUT2D eigenvalue weighted by Crippen LogP contribution is -2.50. The van der Waals surface area contributed by atoms with Crippen molar-refractivity contribution in [2.24, 2.45) is 11.7 Å². The number of benzene rings is 1. The minimum atomic E-state index is -3.59. The molecular formula is C17H28N4O3S. The first-order valence-corrected chi connectivity index (χ1v) is 10.2. The molecular weight excluding hydrogens is 340 g/mol. The van der Waals surface area contributed by atoms with Gasteiger partial charge in [0, 0.05) is 38.4 Å². The molecule has 25 heavy (non-hydrogen) atoms. The van der Waals surface area contributed by atoms with E-state index in [1.807, 2.05) is 32.0 Å². The number of nitrogens with zero attached hydrogens (tertiary/aromatic N) is 2. The number of hydrogen-bond acceptors (Lipinski definition) is 5. The van der Waals surface area contributed by atoms with E-state index >= 15 is 0 Å². The summed E-state index contributed by atoms with van der Waals surface area (Å²) in [7, 11) is -3.59. The summed E-state index contributed by atoms with van der Waals surface area (Å²) in [4.78, 5) is 14.0. The Hall–Kier alpha value is -1.64. The van der Waals surface area contributed by atoms with Gasteiger partial charge in [0.25, 0.3) is 0 Å². The third-order valence-electron chi connectivity index (χ3n) is 4.36. The molecule has 1 aromatic rings. The van der Waals surface area contributed by atoms with Gasteiger partial charge < -0.3 is 16.0 Å². The van der Waals surface area contributed by atoms with Crippen LogP contribution in [0.2, 0.25) is 0 Å². The molecule has 0 aromatic heterocycles. The first kappa shape index (κ1) is 19.7. The molecule has 1 aromatic carbocycles. The lowest BCUT2D eigenvalue weighted by atomic mass is 10.2. The van der Waals surface area contributed by atoms with E-state index in [2.05, 4.69) is 16.3 Å². The second-order valence-electron chi connectivity index (χ2n) is 6.63. The number of piperazine rings is 1.